The highest BCUT2D eigenvalue weighted by molar-refractivity contribution is 5.96. The van der Waals surface area contributed by atoms with Gasteiger partial charge in [0.1, 0.15) is 5.60 Å². The lowest BCUT2D eigenvalue weighted by Crippen LogP contribution is -2.42. The van der Waals surface area contributed by atoms with Gasteiger partial charge in [0.15, 0.2) is 0 Å². The van der Waals surface area contributed by atoms with Crippen LogP contribution in [-0.4, -0.2) is 54.6 Å². The van der Waals surface area contributed by atoms with Gasteiger partial charge in [-0.05, 0) is 51.7 Å². The Kier molecular flexibility index (Phi) is 8.51. The number of hydrogen-bond donors (Lipinski definition) is 2. The molecule has 1 aromatic rings. The summed E-state index contributed by atoms with van der Waals surface area (Å²) in [5, 5.41) is 5.31. The first-order valence-corrected chi connectivity index (χ1v) is 10.6. The van der Waals surface area contributed by atoms with E-state index in [1.54, 1.807) is 20.8 Å². The molecule has 10 heteroatoms. The Labute approximate surface area is 185 Å². The Bertz CT molecular complexity index is 813. The molecule has 1 heterocycles. The molecule has 1 saturated heterocycles. The summed E-state index contributed by atoms with van der Waals surface area (Å²) in [6, 6.07) is 4.79. The molecule has 1 aliphatic heterocycles. The van der Waals surface area contributed by atoms with Gasteiger partial charge in [-0.25, -0.2) is 4.79 Å². The first-order valence-electron chi connectivity index (χ1n) is 10.6. The maximum Gasteiger partial charge on any atom is 0.417 e. The van der Waals surface area contributed by atoms with Crippen LogP contribution >= 0.6 is 0 Å². The van der Waals surface area contributed by atoms with E-state index in [1.165, 1.54) is 23.1 Å². The zero-order valence-corrected chi connectivity index (χ0v) is 18.6. The fraction of sp³-hybridized carbons (Fsp3) is 0.591. The van der Waals surface area contributed by atoms with Crippen molar-refractivity contribution in [1.82, 2.24) is 15.5 Å². The van der Waals surface area contributed by atoms with Crippen molar-refractivity contribution in [2.45, 2.75) is 51.8 Å². The minimum Gasteiger partial charge on any atom is -0.444 e. The zero-order chi connectivity index (χ0) is 23.9. The van der Waals surface area contributed by atoms with Crippen LogP contribution in [0.4, 0.5) is 18.0 Å². The Balaban J connectivity index is 1.73. The van der Waals surface area contributed by atoms with Crippen LogP contribution in [-0.2, 0) is 15.7 Å². The summed E-state index contributed by atoms with van der Waals surface area (Å²) in [5.74, 6) is -0.730. The fourth-order valence-electron chi connectivity index (χ4n) is 3.37. The number of halogens is 3. The van der Waals surface area contributed by atoms with Crippen molar-refractivity contribution in [1.29, 1.82) is 0 Å². The minimum atomic E-state index is -4.59. The number of nitrogens with zero attached hydrogens (tertiary/aromatic N) is 1. The number of alkyl carbamates (subject to hydrolysis) is 1. The largest absolute Gasteiger partial charge is 0.444 e. The lowest BCUT2D eigenvalue weighted by molar-refractivity contribution is -0.138. The number of carbonyl (C=O) groups is 3. The number of benzene rings is 1. The van der Waals surface area contributed by atoms with Gasteiger partial charge < -0.3 is 20.3 Å². The molecule has 0 radical (unpaired) electrons. The van der Waals surface area contributed by atoms with E-state index in [4.69, 9.17) is 4.74 Å². The molecule has 0 spiro atoms. The molecule has 1 aromatic carbocycles. The van der Waals surface area contributed by atoms with Crippen molar-refractivity contribution in [3.63, 3.8) is 0 Å². The van der Waals surface area contributed by atoms with Gasteiger partial charge in [-0.15, -0.1) is 0 Å². The van der Waals surface area contributed by atoms with Crippen LogP contribution in [0.5, 0.6) is 0 Å². The Morgan fingerprint density at radius 3 is 2.28 bits per heavy atom. The Morgan fingerprint density at radius 1 is 1.06 bits per heavy atom. The topological polar surface area (TPSA) is 87.7 Å². The van der Waals surface area contributed by atoms with Crippen molar-refractivity contribution in [3.05, 3.63) is 35.4 Å². The number of nitrogens with one attached hydrogen (secondary N) is 2. The highest BCUT2D eigenvalue weighted by Crippen LogP contribution is 2.33. The van der Waals surface area contributed by atoms with Gasteiger partial charge in [0.25, 0.3) is 5.91 Å². The second kappa shape index (κ2) is 10.7. The third-order valence-corrected chi connectivity index (χ3v) is 4.97. The maximum atomic E-state index is 13.2. The number of alkyl halides is 3. The van der Waals surface area contributed by atoms with Gasteiger partial charge >= 0.3 is 12.3 Å². The number of piperidine rings is 1. The van der Waals surface area contributed by atoms with Crippen LogP contribution in [0.1, 0.15) is 56.0 Å². The first kappa shape index (κ1) is 25.5. The molecular formula is C22H30F3N3O4. The summed E-state index contributed by atoms with van der Waals surface area (Å²) in [7, 11) is 0. The van der Waals surface area contributed by atoms with E-state index in [0.717, 1.165) is 6.07 Å². The molecule has 2 rings (SSSR count). The molecule has 32 heavy (non-hydrogen) atoms. The van der Waals surface area contributed by atoms with Gasteiger partial charge in [0.05, 0.1) is 11.1 Å². The Hall–Kier alpha value is -2.78. The van der Waals surface area contributed by atoms with E-state index in [0.29, 0.717) is 32.5 Å². The van der Waals surface area contributed by atoms with Gasteiger partial charge in [0, 0.05) is 32.6 Å². The van der Waals surface area contributed by atoms with E-state index in [2.05, 4.69) is 10.6 Å². The summed E-state index contributed by atoms with van der Waals surface area (Å²) >= 11 is 0. The minimum absolute atomic E-state index is 0.102. The molecular weight excluding hydrogens is 427 g/mol. The third kappa shape index (κ3) is 8.05. The normalized spacial score (nSPS) is 15.2. The highest BCUT2D eigenvalue weighted by atomic mass is 19.4. The second-order valence-corrected chi connectivity index (χ2v) is 8.76. The third-order valence-electron chi connectivity index (χ3n) is 4.97. The van der Waals surface area contributed by atoms with E-state index >= 15 is 0 Å². The molecule has 0 saturated carbocycles. The number of rotatable bonds is 6. The van der Waals surface area contributed by atoms with Crippen molar-refractivity contribution < 1.29 is 32.3 Å². The van der Waals surface area contributed by atoms with Crippen LogP contribution in [0.2, 0.25) is 0 Å². The molecule has 3 amide bonds. The monoisotopic (exact) mass is 457 g/mol. The number of amides is 3. The number of likely N-dealkylation sites (tertiary alicyclic amines) is 1. The molecule has 0 aliphatic carbocycles. The smallest absolute Gasteiger partial charge is 0.417 e. The molecule has 0 bridgehead atoms. The molecule has 178 valence electrons. The van der Waals surface area contributed by atoms with Gasteiger partial charge in [0.2, 0.25) is 5.91 Å². The number of ether oxygens (including phenoxy) is 1. The van der Waals surface area contributed by atoms with Crippen LogP contribution in [0.25, 0.3) is 0 Å². The second-order valence-electron chi connectivity index (χ2n) is 8.76. The molecule has 0 atom stereocenters. The van der Waals surface area contributed by atoms with E-state index in [1.807, 2.05) is 0 Å². The molecule has 0 aromatic heterocycles. The van der Waals surface area contributed by atoms with Gasteiger partial charge in [-0.2, -0.15) is 13.2 Å². The van der Waals surface area contributed by atoms with E-state index < -0.39 is 29.3 Å². The van der Waals surface area contributed by atoms with E-state index in [-0.39, 0.29) is 30.4 Å². The molecule has 1 aliphatic rings. The summed E-state index contributed by atoms with van der Waals surface area (Å²) in [4.78, 5) is 37.6. The summed E-state index contributed by atoms with van der Waals surface area (Å²) in [6.07, 6.45) is -3.92. The SMILES string of the molecule is CC(C)(C)OC(=O)NCCC(=O)NCC1CCN(C(=O)c2ccccc2C(F)(F)F)CC1. The number of hydrogen-bond acceptors (Lipinski definition) is 4. The molecule has 0 unspecified atom stereocenters. The lowest BCUT2D eigenvalue weighted by atomic mass is 9.95. The summed E-state index contributed by atoms with van der Waals surface area (Å²) in [6.45, 7) is 6.43. The van der Waals surface area contributed by atoms with Crippen LogP contribution < -0.4 is 10.6 Å². The first-order chi connectivity index (χ1) is 14.9. The molecule has 1 fully saturated rings. The van der Waals surface area contributed by atoms with E-state index in [9.17, 15) is 27.6 Å². The zero-order valence-electron chi connectivity index (χ0n) is 18.6. The van der Waals surface area contributed by atoms with Crippen molar-refractivity contribution >= 4 is 17.9 Å². The lowest BCUT2D eigenvalue weighted by Gasteiger charge is -2.32. The molecule has 2 N–H and O–H groups in total. The average molecular weight is 457 g/mol. The summed E-state index contributed by atoms with van der Waals surface area (Å²) in [5.41, 5.74) is -1.89. The van der Waals surface area contributed by atoms with Gasteiger partial charge in [-0.1, -0.05) is 12.1 Å². The standard InChI is InChI=1S/C22H30F3N3O4/c1-21(2,3)32-20(31)26-11-8-18(29)27-14-15-9-12-28(13-10-15)19(30)16-6-4-5-7-17(16)22(23,24)25/h4-7,15H,8-14H2,1-3H3,(H,26,31)(H,27,29). The predicted octanol–water partition coefficient (Wildman–Crippen LogP) is 3.59. The quantitative estimate of drug-likeness (QED) is 0.684. The van der Waals surface area contributed by atoms with Crippen LogP contribution in [0.3, 0.4) is 0 Å². The fourth-order valence-corrected chi connectivity index (χ4v) is 3.37. The van der Waals surface area contributed by atoms with Crippen LogP contribution in [0.15, 0.2) is 24.3 Å². The summed E-state index contributed by atoms with van der Waals surface area (Å²) < 4.78 is 44.6. The highest BCUT2D eigenvalue weighted by Gasteiger charge is 2.36. The van der Waals surface area contributed by atoms with Crippen molar-refractivity contribution in [2.24, 2.45) is 5.92 Å². The maximum absolute atomic E-state index is 13.2. The van der Waals surface area contributed by atoms with Gasteiger partial charge in [-0.3, -0.25) is 9.59 Å². The predicted molar refractivity (Wildman–Crippen MR) is 112 cm³/mol. The number of carbonyl (C=O) groups excluding carboxylic acids is 3. The van der Waals surface area contributed by atoms with Crippen molar-refractivity contribution in [2.75, 3.05) is 26.2 Å². The average Bonchev–Trinajstić information content (AvgIpc) is 2.70. The van der Waals surface area contributed by atoms with Crippen LogP contribution in [0, 0.1) is 5.92 Å². The molecule has 7 nitrogen and oxygen atoms in total. The van der Waals surface area contributed by atoms with Crippen molar-refractivity contribution in [3.8, 4) is 0 Å². The Morgan fingerprint density at radius 2 is 1.69 bits per heavy atom.